The van der Waals surface area contributed by atoms with Gasteiger partial charge in [0.05, 0.1) is 5.56 Å². The molecule has 0 aliphatic carbocycles. The third-order valence-electron chi connectivity index (χ3n) is 2.77. The average Bonchev–Trinajstić information content (AvgIpc) is 2.85. The summed E-state index contributed by atoms with van der Waals surface area (Å²) in [4.78, 5) is 23.9. The second-order valence-corrected chi connectivity index (χ2v) is 5.33. The minimum absolute atomic E-state index is 0.0206. The van der Waals surface area contributed by atoms with E-state index < -0.39 is 23.5 Å². The van der Waals surface area contributed by atoms with Gasteiger partial charge in [0.15, 0.2) is 11.6 Å². The molecule has 0 bridgehead atoms. The van der Waals surface area contributed by atoms with Gasteiger partial charge >= 0.3 is 5.97 Å². The fraction of sp³-hybridized carbons (Fsp3) is 0.143. The van der Waals surface area contributed by atoms with Gasteiger partial charge in [-0.15, -0.1) is 11.3 Å². The summed E-state index contributed by atoms with van der Waals surface area (Å²) in [6, 6.07) is 4.21. The fourth-order valence-electron chi connectivity index (χ4n) is 1.68. The van der Waals surface area contributed by atoms with Crippen LogP contribution in [0.3, 0.4) is 0 Å². The summed E-state index contributed by atoms with van der Waals surface area (Å²) in [6.07, 6.45) is 0.631. The number of thiophene rings is 1. The molecule has 21 heavy (non-hydrogen) atoms. The Bertz CT molecular complexity index is 712. The van der Waals surface area contributed by atoms with Gasteiger partial charge in [-0.05, 0) is 30.7 Å². The Balaban J connectivity index is 2.28. The lowest BCUT2D eigenvalue weighted by Crippen LogP contribution is -2.13. The number of carboxylic acids is 1. The third-order valence-corrected chi connectivity index (χ3v) is 3.97. The molecule has 2 N–H and O–H groups in total. The molecule has 1 heterocycles. The first-order valence-corrected chi connectivity index (χ1v) is 6.86. The highest BCUT2D eigenvalue weighted by atomic mass is 32.1. The van der Waals surface area contributed by atoms with E-state index >= 15 is 0 Å². The summed E-state index contributed by atoms with van der Waals surface area (Å²) >= 11 is 1.14. The summed E-state index contributed by atoms with van der Waals surface area (Å²) in [7, 11) is 0. The van der Waals surface area contributed by atoms with Gasteiger partial charge in [-0.2, -0.15) is 0 Å². The molecule has 1 aromatic carbocycles. The molecular weight excluding hydrogens is 300 g/mol. The van der Waals surface area contributed by atoms with E-state index in [1.54, 1.807) is 0 Å². The van der Waals surface area contributed by atoms with Crippen molar-refractivity contribution >= 4 is 28.2 Å². The summed E-state index contributed by atoms with van der Waals surface area (Å²) in [6.45, 7) is 1.86. The molecule has 0 spiro atoms. The molecule has 0 atom stereocenters. The Morgan fingerprint density at radius 2 is 1.95 bits per heavy atom. The zero-order valence-electron chi connectivity index (χ0n) is 10.9. The second-order valence-electron chi connectivity index (χ2n) is 4.20. The van der Waals surface area contributed by atoms with Crippen molar-refractivity contribution in [3.05, 3.63) is 51.9 Å². The number of hydrogen-bond acceptors (Lipinski definition) is 3. The van der Waals surface area contributed by atoms with Gasteiger partial charge in [0.1, 0.15) is 5.00 Å². The Hall–Kier alpha value is -2.28. The molecule has 0 unspecified atom stereocenters. The van der Waals surface area contributed by atoms with Crippen LogP contribution in [-0.4, -0.2) is 17.0 Å². The predicted octanol–water partition coefficient (Wildman–Crippen LogP) is 3.54. The van der Waals surface area contributed by atoms with Crippen LogP contribution in [0.25, 0.3) is 0 Å². The van der Waals surface area contributed by atoms with Crippen LogP contribution in [0.15, 0.2) is 24.3 Å². The zero-order valence-corrected chi connectivity index (χ0v) is 11.8. The normalized spacial score (nSPS) is 10.4. The molecule has 0 fully saturated rings. The van der Waals surface area contributed by atoms with E-state index in [0.717, 1.165) is 34.4 Å². The maximum absolute atomic E-state index is 13.1. The maximum atomic E-state index is 13.1. The molecule has 4 nitrogen and oxygen atoms in total. The molecule has 0 aliphatic heterocycles. The second kappa shape index (κ2) is 6.01. The van der Waals surface area contributed by atoms with Crippen molar-refractivity contribution in [3.63, 3.8) is 0 Å². The van der Waals surface area contributed by atoms with Crippen LogP contribution in [0.5, 0.6) is 0 Å². The van der Waals surface area contributed by atoms with Gasteiger partial charge in [0, 0.05) is 10.4 Å². The Kier molecular flexibility index (Phi) is 4.32. The highest BCUT2D eigenvalue weighted by molar-refractivity contribution is 7.16. The van der Waals surface area contributed by atoms with Crippen LogP contribution in [-0.2, 0) is 6.42 Å². The standard InChI is InChI=1S/C14H11F2NO3S/c1-2-8-6-9(14(19)20)13(21-8)17-12(18)7-3-4-10(15)11(16)5-7/h3-6H,2H2,1H3,(H,17,18)(H,19,20). The SMILES string of the molecule is CCc1cc(C(=O)O)c(NC(=O)c2ccc(F)c(F)c2)s1. The largest absolute Gasteiger partial charge is 0.478 e. The van der Waals surface area contributed by atoms with Gasteiger partial charge in [-0.1, -0.05) is 6.92 Å². The van der Waals surface area contributed by atoms with Crippen molar-refractivity contribution in [2.45, 2.75) is 13.3 Å². The van der Waals surface area contributed by atoms with Crippen LogP contribution in [0.4, 0.5) is 13.8 Å². The van der Waals surface area contributed by atoms with E-state index in [2.05, 4.69) is 5.32 Å². The highest BCUT2D eigenvalue weighted by Crippen LogP contribution is 2.29. The van der Waals surface area contributed by atoms with E-state index in [-0.39, 0.29) is 16.1 Å². The summed E-state index contributed by atoms with van der Waals surface area (Å²) in [5.74, 6) is -4.05. The lowest BCUT2D eigenvalue weighted by atomic mass is 10.2. The lowest BCUT2D eigenvalue weighted by molar-refractivity contribution is 0.0698. The number of nitrogens with one attached hydrogen (secondary N) is 1. The van der Waals surface area contributed by atoms with E-state index in [1.165, 1.54) is 6.07 Å². The number of carbonyl (C=O) groups excluding carboxylic acids is 1. The molecule has 1 aromatic heterocycles. The Morgan fingerprint density at radius 3 is 2.52 bits per heavy atom. The molecule has 0 aliphatic rings. The van der Waals surface area contributed by atoms with Gasteiger partial charge in [-0.25, -0.2) is 13.6 Å². The van der Waals surface area contributed by atoms with Crippen LogP contribution < -0.4 is 5.32 Å². The number of hydrogen-bond donors (Lipinski definition) is 2. The van der Waals surface area contributed by atoms with Gasteiger partial charge < -0.3 is 10.4 Å². The molecule has 0 saturated heterocycles. The fourth-order valence-corrected chi connectivity index (χ4v) is 2.66. The topological polar surface area (TPSA) is 66.4 Å². The molecule has 0 saturated carbocycles. The zero-order chi connectivity index (χ0) is 15.6. The molecule has 7 heteroatoms. The van der Waals surface area contributed by atoms with Crippen LogP contribution in [0.2, 0.25) is 0 Å². The molecule has 0 radical (unpaired) electrons. The number of carbonyl (C=O) groups is 2. The number of aryl methyl sites for hydroxylation is 1. The first-order chi connectivity index (χ1) is 9.92. The number of benzene rings is 1. The van der Waals surface area contributed by atoms with Crippen molar-refractivity contribution < 1.29 is 23.5 Å². The van der Waals surface area contributed by atoms with Gasteiger partial charge in [-0.3, -0.25) is 4.79 Å². The number of rotatable bonds is 4. The predicted molar refractivity (Wildman–Crippen MR) is 75.0 cm³/mol. The summed E-state index contributed by atoms with van der Waals surface area (Å²) in [5, 5.41) is 11.7. The van der Waals surface area contributed by atoms with E-state index in [0.29, 0.717) is 6.42 Å². The highest BCUT2D eigenvalue weighted by Gasteiger charge is 2.18. The quantitative estimate of drug-likeness (QED) is 0.907. The molecule has 1 amide bonds. The molecule has 2 aromatic rings. The van der Waals surface area contributed by atoms with Crippen molar-refractivity contribution in [2.75, 3.05) is 5.32 Å². The number of amides is 1. The minimum atomic E-state index is -1.16. The molecular formula is C14H11F2NO3S. The summed E-state index contributed by atoms with van der Waals surface area (Å²) in [5.41, 5.74) is -0.107. The first-order valence-electron chi connectivity index (χ1n) is 6.04. The van der Waals surface area contributed by atoms with Crippen LogP contribution in [0.1, 0.15) is 32.5 Å². The maximum Gasteiger partial charge on any atom is 0.338 e. The minimum Gasteiger partial charge on any atom is -0.478 e. The van der Waals surface area contributed by atoms with E-state index in [1.807, 2.05) is 6.92 Å². The van der Waals surface area contributed by atoms with Gasteiger partial charge in [0.2, 0.25) is 0 Å². The number of aromatic carboxylic acids is 1. The van der Waals surface area contributed by atoms with Crippen molar-refractivity contribution in [2.24, 2.45) is 0 Å². The Labute approximate surface area is 123 Å². The number of halogens is 2. The lowest BCUT2D eigenvalue weighted by Gasteiger charge is -2.04. The summed E-state index contributed by atoms with van der Waals surface area (Å²) < 4.78 is 25.9. The monoisotopic (exact) mass is 311 g/mol. The average molecular weight is 311 g/mol. The van der Waals surface area contributed by atoms with Crippen LogP contribution in [0, 0.1) is 11.6 Å². The number of carboxylic acid groups (broad SMARTS) is 1. The van der Waals surface area contributed by atoms with Crippen molar-refractivity contribution in [3.8, 4) is 0 Å². The molecule has 110 valence electrons. The first kappa shape index (κ1) is 15.1. The van der Waals surface area contributed by atoms with Crippen LogP contribution >= 0.6 is 11.3 Å². The molecule has 2 rings (SSSR count). The smallest absolute Gasteiger partial charge is 0.338 e. The van der Waals surface area contributed by atoms with E-state index in [4.69, 9.17) is 5.11 Å². The Morgan fingerprint density at radius 1 is 1.24 bits per heavy atom. The van der Waals surface area contributed by atoms with E-state index in [9.17, 15) is 18.4 Å². The van der Waals surface area contributed by atoms with Crippen molar-refractivity contribution in [1.82, 2.24) is 0 Å². The van der Waals surface area contributed by atoms with Gasteiger partial charge in [0.25, 0.3) is 5.91 Å². The van der Waals surface area contributed by atoms with Crippen molar-refractivity contribution in [1.29, 1.82) is 0 Å². The number of anilines is 1. The third kappa shape index (κ3) is 3.25.